The van der Waals surface area contributed by atoms with Gasteiger partial charge >= 0.3 is 0 Å². The summed E-state index contributed by atoms with van der Waals surface area (Å²) >= 11 is 11.4. The molecule has 1 rings (SSSR count). The summed E-state index contributed by atoms with van der Waals surface area (Å²) in [6, 6.07) is 6.61. The fourth-order valence-corrected chi connectivity index (χ4v) is 1.99. The van der Waals surface area contributed by atoms with E-state index >= 15 is 0 Å². The Balaban J connectivity index is 2.38. The zero-order valence-corrected chi connectivity index (χ0v) is 10.6. The van der Waals surface area contributed by atoms with Crippen molar-refractivity contribution >= 4 is 23.2 Å². The molecule has 0 amide bonds. The standard InChI is InChI=1S/C12H16Cl2FN/c13-6-9-16(10-7-14)8-5-11-1-3-12(15)4-2-11/h1-4H,5-10H2. The van der Waals surface area contributed by atoms with E-state index in [2.05, 4.69) is 4.90 Å². The Bertz CT molecular complexity index is 284. The third kappa shape index (κ3) is 5.15. The smallest absolute Gasteiger partial charge is 0.123 e. The molecule has 0 aliphatic rings. The summed E-state index contributed by atoms with van der Waals surface area (Å²) < 4.78 is 12.7. The monoisotopic (exact) mass is 263 g/mol. The molecule has 0 spiro atoms. The second kappa shape index (κ2) is 7.88. The molecule has 0 bridgehead atoms. The Morgan fingerprint density at radius 1 is 0.938 bits per heavy atom. The van der Waals surface area contributed by atoms with Gasteiger partial charge in [-0.1, -0.05) is 12.1 Å². The van der Waals surface area contributed by atoms with Crippen LogP contribution in [0.15, 0.2) is 24.3 Å². The maximum absolute atomic E-state index is 12.7. The van der Waals surface area contributed by atoms with E-state index in [0.29, 0.717) is 11.8 Å². The Morgan fingerprint density at radius 3 is 2.00 bits per heavy atom. The minimum absolute atomic E-state index is 0.192. The van der Waals surface area contributed by atoms with Crippen molar-refractivity contribution < 1.29 is 4.39 Å². The summed E-state index contributed by atoms with van der Waals surface area (Å²) in [5.41, 5.74) is 1.13. The van der Waals surface area contributed by atoms with Gasteiger partial charge in [-0.2, -0.15) is 0 Å². The number of rotatable bonds is 7. The molecule has 0 fully saturated rings. The molecule has 0 aliphatic carbocycles. The SMILES string of the molecule is Fc1ccc(CCN(CCCl)CCCl)cc1. The highest BCUT2D eigenvalue weighted by Crippen LogP contribution is 2.05. The largest absolute Gasteiger partial charge is 0.301 e. The summed E-state index contributed by atoms with van der Waals surface area (Å²) in [5, 5.41) is 0. The number of nitrogens with zero attached hydrogens (tertiary/aromatic N) is 1. The first-order valence-electron chi connectivity index (χ1n) is 5.35. The highest BCUT2D eigenvalue weighted by atomic mass is 35.5. The van der Waals surface area contributed by atoms with Gasteiger partial charge in [0.15, 0.2) is 0 Å². The molecule has 0 radical (unpaired) electrons. The summed E-state index contributed by atoms with van der Waals surface area (Å²) in [7, 11) is 0. The molecule has 1 nitrogen and oxygen atoms in total. The predicted octanol–water partition coefficient (Wildman–Crippen LogP) is 3.15. The Hall–Kier alpha value is -0.310. The molecule has 0 unspecified atom stereocenters. The summed E-state index contributed by atoms with van der Waals surface area (Å²) in [6.07, 6.45) is 0.897. The van der Waals surface area contributed by atoms with Crippen LogP contribution in [0.4, 0.5) is 4.39 Å². The second-order valence-corrected chi connectivity index (χ2v) is 4.35. The average molecular weight is 264 g/mol. The summed E-state index contributed by atoms with van der Waals surface area (Å²) in [4.78, 5) is 2.21. The molecule has 0 saturated carbocycles. The summed E-state index contributed by atoms with van der Waals surface area (Å²) in [5.74, 6) is 1.03. The Morgan fingerprint density at radius 2 is 1.50 bits per heavy atom. The molecule has 90 valence electrons. The van der Waals surface area contributed by atoms with Crippen LogP contribution in [0.2, 0.25) is 0 Å². The van der Waals surface area contributed by atoms with Crippen molar-refractivity contribution in [3.63, 3.8) is 0 Å². The first-order valence-corrected chi connectivity index (χ1v) is 6.42. The zero-order chi connectivity index (χ0) is 11.8. The van der Waals surface area contributed by atoms with E-state index in [1.165, 1.54) is 12.1 Å². The van der Waals surface area contributed by atoms with E-state index in [9.17, 15) is 4.39 Å². The van der Waals surface area contributed by atoms with Gasteiger partial charge in [0.25, 0.3) is 0 Å². The highest BCUT2D eigenvalue weighted by Gasteiger charge is 2.03. The van der Waals surface area contributed by atoms with Crippen LogP contribution in [0.1, 0.15) is 5.56 Å². The minimum atomic E-state index is -0.192. The van der Waals surface area contributed by atoms with Crippen LogP contribution >= 0.6 is 23.2 Å². The van der Waals surface area contributed by atoms with Crippen molar-refractivity contribution in [2.45, 2.75) is 6.42 Å². The molecule has 4 heteroatoms. The molecule has 0 N–H and O–H groups in total. The summed E-state index contributed by atoms with van der Waals surface area (Å²) in [6.45, 7) is 2.59. The zero-order valence-electron chi connectivity index (χ0n) is 9.13. The number of hydrogen-bond donors (Lipinski definition) is 0. The second-order valence-electron chi connectivity index (χ2n) is 3.60. The van der Waals surface area contributed by atoms with Gasteiger partial charge in [-0.05, 0) is 24.1 Å². The van der Waals surface area contributed by atoms with Gasteiger partial charge in [0.2, 0.25) is 0 Å². The lowest BCUT2D eigenvalue weighted by Gasteiger charge is -2.19. The van der Waals surface area contributed by atoms with Gasteiger partial charge in [0.05, 0.1) is 0 Å². The van der Waals surface area contributed by atoms with Crippen molar-refractivity contribution in [1.82, 2.24) is 4.90 Å². The number of hydrogen-bond acceptors (Lipinski definition) is 1. The van der Waals surface area contributed by atoms with Crippen LogP contribution in [0.3, 0.4) is 0 Å². The normalized spacial score (nSPS) is 11.0. The maximum atomic E-state index is 12.7. The van der Waals surface area contributed by atoms with Crippen LogP contribution in [0.5, 0.6) is 0 Å². The van der Waals surface area contributed by atoms with E-state index < -0.39 is 0 Å². The van der Waals surface area contributed by atoms with Crippen LogP contribution in [0, 0.1) is 5.82 Å². The van der Waals surface area contributed by atoms with Crippen molar-refractivity contribution in [2.75, 3.05) is 31.4 Å². The average Bonchev–Trinajstić information content (AvgIpc) is 2.29. The van der Waals surface area contributed by atoms with Gasteiger partial charge < -0.3 is 4.90 Å². The van der Waals surface area contributed by atoms with Crippen LogP contribution in [-0.4, -0.2) is 36.3 Å². The topological polar surface area (TPSA) is 3.24 Å². The van der Waals surface area contributed by atoms with E-state index in [1.807, 2.05) is 12.1 Å². The van der Waals surface area contributed by atoms with Gasteiger partial charge in [-0.15, -0.1) is 23.2 Å². The fourth-order valence-electron chi connectivity index (χ4n) is 1.51. The fraction of sp³-hybridized carbons (Fsp3) is 0.500. The third-order valence-corrected chi connectivity index (χ3v) is 2.77. The van der Waals surface area contributed by atoms with Crippen LogP contribution < -0.4 is 0 Å². The minimum Gasteiger partial charge on any atom is -0.301 e. The maximum Gasteiger partial charge on any atom is 0.123 e. The third-order valence-electron chi connectivity index (χ3n) is 2.43. The first kappa shape index (κ1) is 13.8. The van der Waals surface area contributed by atoms with Crippen LogP contribution in [0.25, 0.3) is 0 Å². The van der Waals surface area contributed by atoms with Crippen LogP contribution in [-0.2, 0) is 6.42 Å². The molecule has 0 atom stereocenters. The lowest BCUT2D eigenvalue weighted by Crippen LogP contribution is -2.30. The molecule has 0 aliphatic heterocycles. The predicted molar refractivity (Wildman–Crippen MR) is 68.0 cm³/mol. The van der Waals surface area contributed by atoms with Gasteiger partial charge in [-0.3, -0.25) is 0 Å². The lowest BCUT2D eigenvalue weighted by atomic mass is 10.1. The highest BCUT2D eigenvalue weighted by molar-refractivity contribution is 6.18. The Labute approximate surface area is 106 Å². The lowest BCUT2D eigenvalue weighted by molar-refractivity contribution is 0.311. The van der Waals surface area contributed by atoms with Crippen molar-refractivity contribution in [2.24, 2.45) is 0 Å². The van der Waals surface area contributed by atoms with Crippen molar-refractivity contribution in [3.8, 4) is 0 Å². The molecule has 0 saturated heterocycles. The van der Waals surface area contributed by atoms with E-state index in [0.717, 1.165) is 31.6 Å². The number of benzene rings is 1. The molecule has 16 heavy (non-hydrogen) atoms. The van der Waals surface area contributed by atoms with E-state index in [1.54, 1.807) is 0 Å². The van der Waals surface area contributed by atoms with E-state index in [-0.39, 0.29) is 5.82 Å². The molecular weight excluding hydrogens is 248 g/mol. The van der Waals surface area contributed by atoms with E-state index in [4.69, 9.17) is 23.2 Å². The van der Waals surface area contributed by atoms with Gasteiger partial charge in [-0.25, -0.2) is 4.39 Å². The number of halogens is 3. The first-order chi connectivity index (χ1) is 7.76. The molecule has 1 aromatic carbocycles. The quantitative estimate of drug-likeness (QED) is 0.684. The van der Waals surface area contributed by atoms with Crippen molar-refractivity contribution in [1.29, 1.82) is 0 Å². The molecule has 0 heterocycles. The number of alkyl halides is 2. The molecule has 1 aromatic rings. The molecular formula is C12H16Cl2FN. The van der Waals surface area contributed by atoms with Gasteiger partial charge in [0.1, 0.15) is 5.82 Å². The van der Waals surface area contributed by atoms with Crippen molar-refractivity contribution in [3.05, 3.63) is 35.6 Å². The Kier molecular flexibility index (Phi) is 6.78. The van der Waals surface area contributed by atoms with Gasteiger partial charge in [0, 0.05) is 31.4 Å². The molecule has 0 aromatic heterocycles.